The summed E-state index contributed by atoms with van der Waals surface area (Å²) in [5, 5.41) is 3.66. The summed E-state index contributed by atoms with van der Waals surface area (Å²) in [5.74, 6) is 1.99. The quantitative estimate of drug-likeness (QED) is 0.348. The lowest BCUT2D eigenvalue weighted by atomic mass is 10.0. The van der Waals surface area contributed by atoms with Crippen LogP contribution in [-0.4, -0.2) is 22.0 Å². The molecular formula is C29H23N5. The Balaban J connectivity index is 1.51. The molecule has 5 aromatic rings. The third-order valence-electron chi connectivity index (χ3n) is 6.16. The van der Waals surface area contributed by atoms with Crippen molar-refractivity contribution in [2.45, 2.75) is 6.17 Å². The van der Waals surface area contributed by atoms with E-state index in [4.69, 9.17) is 15.0 Å². The van der Waals surface area contributed by atoms with Crippen molar-refractivity contribution in [2.75, 3.05) is 17.3 Å². The van der Waals surface area contributed by atoms with Crippen molar-refractivity contribution in [3.8, 4) is 34.2 Å². The van der Waals surface area contributed by atoms with Crippen LogP contribution in [0.25, 0.3) is 34.2 Å². The summed E-state index contributed by atoms with van der Waals surface area (Å²) in [6, 6.07) is 36.8. The normalized spacial score (nSPS) is 14.5. The monoisotopic (exact) mass is 441 g/mol. The summed E-state index contributed by atoms with van der Waals surface area (Å²) in [4.78, 5) is 17.0. The number of anilines is 2. The standard InChI is InChI=1S/C29H23N5/c1-34-25-19-11-10-18-24(25)30-29(34)23-17-9-8-16-22(23)28-32-26(20-12-4-2-5-13-20)31-27(33-28)21-14-6-3-7-15-21/h2-19,29-30H,1H3. The van der Waals surface area contributed by atoms with Crippen LogP contribution in [-0.2, 0) is 0 Å². The lowest BCUT2D eigenvalue weighted by Crippen LogP contribution is -2.24. The van der Waals surface area contributed by atoms with Gasteiger partial charge in [0.15, 0.2) is 17.5 Å². The van der Waals surface area contributed by atoms with Gasteiger partial charge in [0.1, 0.15) is 6.17 Å². The lowest BCUT2D eigenvalue weighted by molar-refractivity contribution is 0.792. The molecule has 1 N–H and O–H groups in total. The summed E-state index contributed by atoms with van der Waals surface area (Å²) in [6.45, 7) is 0. The van der Waals surface area contributed by atoms with Crippen LogP contribution in [0.1, 0.15) is 11.7 Å². The molecule has 34 heavy (non-hydrogen) atoms. The Morgan fingerprint density at radius 3 is 1.76 bits per heavy atom. The van der Waals surface area contributed by atoms with Crippen molar-refractivity contribution in [3.05, 3.63) is 115 Å². The molecule has 6 rings (SSSR count). The number of benzene rings is 4. The summed E-state index contributed by atoms with van der Waals surface area (Å²) >= 11 is 0. The summed E-state index contributed by atoms with van der Waals surface area (Å²) < 4.78 is 0. The minimum absolute atomic E-state index is 0.0225. The molecule has 1 aliphatic heterocycles. The number of aromatic nitrogens is 3. The van der Waals surface area contributed by atoms with E-state index in [0.717, 1.165) is 27.9 Å². The Labute approximate surface area is 198 Å². The highest BCUT2D eigenvalue weighted by Gasteiger charge is 2.29. The van der Waals surface area contributed by atoms with Crippen LogP contribution in [0.3, 0.4) is 0 Å². The molecule has 1 aliphatic rings. The average Bonchev–Trinajstić information content (AvgIpc) is 3.26. The maximum absolute atomic E-state index is 4.94. The summed E-state index contributed by atoms with van der Waals surface area (Å²) in [7, 11) is 2.11. The van der Waals surface area contributed by atoms with Gasteiger partial charge >= 0.3 is 0 Å². The van der Waals surface area contributed by atoms with Crippen molar-refractivity contribution in [1.82, 2.24) is 15.0 Å². The Morgan fingerprint density at radius 1 is 0.588 bits per heavy atom. The Bertz CT molecular complexity index is 1390. The molecule has 0 bridgehead atoms. The molecule has 0 saturated heterocycles. The number of nitrogens with zero attached hydrogens (tertiary/aromatic N) is 4. The number of hydrogen-bond acceptors (Lipinski definition) is 5. The molecule has 1 aromatic heterocycles. The van der Waals surface area contributed by atoms with E-state index in [0.29, 0.717) is 17.5 Å². The first-order valence-corrected chi connectivity index (χ1v) is 11.3. The van der Waals surface area contributed by atoms with E-state index in [-0.39, 0.29) is 6.17 Å². The zero-order valence-electron chi connectivity index (χ0n) is 18.8. The van der Waals surface area contributed by atoms with E-state index in [1.165, 1.54) is 5.69 Å². The molecule has 2 heterocycles. The van der Waals surface area contributed by atoms with Crippen LogP contribution in [0.2, 0.25) is 0 Å². The van der Waals surface area contributed by atoms with Gasteiger partial charge in [0.2, 0.25) is 0 Å². The van der Waals surface area contributed by atoms with Crippen molar-refractivity contribution >= 4 is 11.4 Å². The first-order chi connectivity index (χ1) is 16.8. The second-order valence-electron chi connectivity index (χ2n) is 8.30. The molecule has 0 amide bonds. The van der Waals surface area contributed by atoms with E-state index in [2.05, 4.69) is 59.7 Å². The molecule has 1 unspecified atom stereocenters. The lowest BCUT2D eigenvalue weighted by Gasteiger charge is -2.24. The molecule has 164 valence electrons. The van der Waals surface area contributed by atoms with Gasteiger partial charge in [-0.05, 0) is 12.1 Å². The summed E-state index contributed by atoms with van der Waals surface area (Å²) in [6.07, 6.45) is -0.0225. The zero-order chi connectivity index (χ0) is 22.9. The maximum Gasteiger partial charge on any atom is 0.164 e. The molecule has 4 aromatic carbocycles. The van der Waals surface area contributed by atoms with Crippen molar-refractivity contribution < 1.29 is 0 Å². The molecule has 0 spiro atoms. The summed E-state index contributed by atoms with van der Waals surface area (Å²) in [5.41, 5.74) is 6.32. The maximum atomic E-state index is 4.94. The zero-order valence-corrected chi connectivity index (χ0v) is 18.8. The van der Waals surface area contributed by atoms with Gasteiger partial charge < -0.3 is 10.2 Å². The minimum atomic E-state index is -0.0225. The van der Waals surface area contributed by atoms with Gasteiger partial charge in [0.05, 0.1) is 11.4 Å². The molecule has 5 nitrogen and oxygen atoms in total. The fraction of sp³-hybridized carbons (Fsp3) is 0.0690. The van der Waals surface area contributed by atoms with Gasteiger partial charge in [-0.1, -0.05) is 97.1 Å². The van der Waals surface area contributed by atoms with Gasteiger partial charge in [-0.3, -0.25) is 0 Å². The van der Waals surface area contributed by atoms with Crippen molar-refractivity contribution in [3.63, 3.8) is 0 Å². The molecule has 1 atom stereocenters. The predicted octanol–water partition coefficient (Wildman–Crippen LogP) is 6.43. The number of rotatable bonds is 4. The van der Waals surface area contributed by atoms with Crippen molar-refractivity contribution in [1.29, 1.82) is 0 Å². The Morgan fingerprint density at radius 2 is 1.12 bits per heavy atom. The van der Waals surface area contributed by atoms with Gasteiger partial charge in [0.25, 0.3) is 0 Å². The molecular weight excluding hydrogens is 418 g/mol. The number of fused-ring (bicyclic) bond motifs is 1. The predicted molar refractivity (Wildman–Crippen MR) is 137 cm³/mol. The molecule has 5 heteroatoms. The average molecular weight is 442 g/mol. The van der Waals surface area contributed by atoms with E-state index < -0.39 is 0 Å². The molecule has 0 aliphatic carbocycles. The third kappa shape index (κ3) is 3.57. The number of para-hydroxylation sites is 2. The highest BCUT2D eigenvalue weighted by atomic mass is 15.3. The van der Waals surface area contributed by atoms with Crippen molar-refractivity contribution in [2.24, 2.45) is 0 Å². The number of hydrogen-bond donors (Lipinski definition) is 1. The largest absolute Gasteiger partial charge is 0.360 e. The first kappa shape index (κ1) is 20.1. The van der Waals surface area contributed by atoms with Gasteiger partial charge in [-0.15, -0.1) is 0 Å². The van der Waals surface area contributed by atoms with Crippen LogP contribution in [0, 0.1) is 0 Å². The molecule has 0 saturated carbocycles. The number of nitrogens with one attached hydrogen (secondary N) is 1. The third-order valence-corrected chi connectivity index (χ3v) is 6.16. The van der Waals surface area contributed by atoms with Crippen LogP contribution < -0.4 is 10.2 Å². The first-order valence-electron chi connectivity index (χ1n) is 11.3. The van der Waals surface area contributed by atoms with E-state index in [1.54, 1.807) is 0 Å². The fourth-order valence-corrected chi connectivity index (χ4v) is 4.44. The van der Waals surface area contributed by atoms with E-state index >= 15 is 0 Å². The smallest absolute Gasteiger partial charge is 0.164 e. The second kappa shape index (κ2) is 8.45. The van der Waals surface area contributed by atoms with Crippen LogP contribution in [0.4, 0.5) is 11.4 Å². The molecule has 0 fully saturated rings. The van der Waals surface area contributed by atoms with E-state index in [1.807, 2.05) is 66.7 Å². The Hall–Kier alpha value is -4.51. The molecule has 0 radical (unpaired) electrons. The second-order valence-corrected chi connectivity index (χ2v) is 8.30. The van der Waals surface area contributed by atoms with Gasteiger partial charge in [-0.25, -0.2) is 15.0 Å². The van der Waals surface area contributed by atoms with Crippen LogP contribution >= 0.6 is 0 Å². The Kier molecular flexibility index (Phi) is 5.00. The fourth-order valence-electron chi connectivity index (χ4n) is 4.44. The van der Waals surface area contributed by atoms with E-state index in [9.17, 15) is 0 Å². The topological polar surface area (TPSA) is 53.9 Å². The van der Waals surface area contributed by atoms with Gasteiger partial charge in [-0.2, -0.15) is 0 Å². The van der Waals surface area contributed by atoms with Crippen LogP contribution in [0.15, 0.2) is 109 Å². The SMILES string of the molecule is CN1c2ccccc2NC1c1ccccc1-c1nc(-c2ccccc2)nc(-c2ccccc2)n1. The highest BCUT2D eigenvalue weighted by molar-refractivity contribution is 5.78. The van der Waals surface area contributed by atoms with Crippen LogP contribution in [0.5, 0.6) is 0 Å². The minimum Gasteiger partial charge on any atom is -0.360 e. The van der Waals surface area contributed by atoms with Gasteiger partial charge in [0, 0.05) is 29.3 Å². The highest BCUT2D eigenvalue weighted by Crippen LogP contribution is 2.42.